The van der Waals surface area contributed by atoms with Crippen molar-refractivity contribution in [3.05, 3.63) is 76.9 Å². The van der Waals surface area contributed by atoms with Crippen molar-refractivity contribution in [3.63, 3.8) is 0 Å². The Morgan fingerprint density at radius 3 is 2.52 bits per heavy atom. The standard InChI is InChI=1S/C21H14F4N2O3S/c22-14-6-3-12(4-7-14)18(28)26-11-20(21(23,24)25)15-10-13(17-2-1-9-31-17)5-8-16(15)27-19(29)30-20/h1-10H,11H2,(H,26,28)(H,27,29). The molecular formula is C21H14F4N2O3S. The second-order valence-electron chi connectivity index (χ2n) is 6.77. The van der Waals surface area contributed by atoms with E-state index in [0.29, 0.717) is 5.56 Å². The second-order valence-corrected chi connectivity index (χ2v) is 7.71. The summed E-state index contributed by atoms with van der Waals surface area (Å²) >= 11 is 1.34. The van der Waals surface area contributed by atoms with E-state index in [0.717, 1.165) is 29.1 Å². The number of anilines is 1. The third-order valence-corrected chi connectivity index (χ3v) is 5.75. The molecule has 2 amide bonds. The van der Waals surface area contributed by atoms with E-state index < -0.39 is 36.1 Å². The summed E-state index contributed by atoms with van der Waals surface area (Å²) in [4.78, 5) is 25.1. The number of hydrogen-bond acceptors (Lipinski definition) is 4. The molecule has 0 aliphatic carbocycles. The van der Waals surface area contributed by atoms with Crippen LogP contribution in [0.15, 0.2) is 60.0 Å². The molecule has 10 heteroatoms. The van der Waals surface area contributed by atoms with E-state index in [2.05, 4.69) is 10.6 Å². The summed E-state index contributed by atoms with van der Waals surface area (Å²) in [6.45, 7) is -1.05. The molecule has 0 saturated heterocycles. The van der Waals surface area contributed by atoms with Gasteiger partial charge in [0, 0.05) is 16.0 Å². The van der Waals surface area contributed by atoms with Crippen LogP contribution < -0.4 is 10.6 Å². The topological polar surface area (TPSA) is 67.4 Å². The summed E-state index contributed by atoms with van der Waals surface area (Å²) < 4.78 is 60.8. The molecule has 1 aliphatic heterocycles. The van der Waals surface area contributed by atoms with Gasteiger partial charge in [-0.1, -0.05) is 12.1 Å². The molecule has 0 spiro atoms. The maximum Gasteiger partial charge on any atom is 0.434 e. The Morgan fingerprint density at radius 1 is 1.13 bits per heavy atom. The zero-order chi connectivity index (χ0) is 22.2. The van der Waals surface area contributed by atoms with Gasteiger partial charge in [-0.2, -0.15) is 13.2 Å². The zero-order valence-corrected chi connectivity index (χ0v) is 16.4. The number of rotatable bonds is 4. The predicted octanol–water partition coefficient (Wildman–Crippen LogP) is 5.30. The average Bonchev–Trinajstić information content (AvgIpc) is 3.26. The van der Waals surface area contributed by atoms with Crippen molar-refractivity contribution in [1.82, 2.24) is 5.32 Å². The molecule has 1 atom stereocenters. The molecule has 1 aliphatic rings. The van der Waals surface area contributed by atoms with Gasteiger partial charge < -0.3 is 10.1 Å². The van der Waals surface area contributed by atoms with Crippen LogP contribution >= 0.6 is 11.3 Å². The lowest BCUT2D eigenvalue weighted by molar-refractivity contribution is -0.261. The molecule has 1 unspecified atom stereocenters. The fraction of sp³-hybridized carbons (Fsp3) is 0.143. The Bertz CT molecular complexity index is 1130. The van der Waals surface area contributed by atoms with Gasteiger partial charge in [-0.25, -0.2) is 9.18 Å². The fourth-order valence-corrected chi connectivity index (χ4v) is 4.01. The normalized spacial score (nSPS) is 18.0. The zero-order valence-electron chi connectivity index (χ0n) is 15.6. The molecule has 0 radical (unpaired) electrons. The van der Waals surface area contributed by atoms with Gasteiger partial charge in [-0.15, -0.1) is 11.3 Å². The molecule has 160 valence electrons. The third-order valence-electron chi connectivity index (χ3n) is 4.83. The van der Waals surface area contributed by atoms with Gasteiger partial charge in [0.15, 0.2) is 0 Å². The van der Waals surface area contributed by atoms with Crippen molar-refractivity contribution < 1.29 is 31.9 Å². The van der Waals surface area contributed by atoms with Crippen LogP contribution in [-0.4, -0.2) is 24.7 Å². The van der Waals surface area contributed by atoms with E-state index in [9.17, 15) is 27.2 Å². The van der Waals surface area contributed by atoms with E-state index in [1.807, 2.05) is 0 Å². The van der Waals surface area contributed by atoms with E-state index in [1.165, 1.54) is 23.5 Å². The number of ether oxygens (including phenoxy) is 1. The Hall–Kier alpha value is -3.40. The monoisotopic (exact) mass is 450 g/mol. The molecule has 0 saturated carbocycles. The number of benzene rings is 2. The highest BCUT2D eigenvalue weighted by molar-refractivity contribution is 7.13. The summed E-state index contributed by atoms with van der Waals surface area (Å²) in [6.07, 6.45) is -6.33. The average molecular weight is 450 g/mol. The van der Waals surface area contributed by atoms with Crippen LogP contribution in [0.5, 0.6) is 0 Å². The van der Waals surface area contributed by atoms with Gasteiger partial charge in [-0.3, -0.25) is 10.1 Å². The van der Waals surface area contributed by atoms with Gasteiger partial charge in [0.1, 0.15) is 5.82 Å². The van der Waals surface area contributed by atoms with Gasteiger partial charge in [-0.05, 0) is 53.4 Å². The SMILES string of the molecule is O=C1Nc2ccc(-c3cccs3)cc2C(CNC(=O)c2ccc(F)cc2)(C(F)(F)F)O1. The number of amides is 2. The van der Waals surface area contributed by atoms with E-state index >= 15 is 0 Å². The first kappa shape index (κ1) is 20.9. The molecule has 2 N–H and O–H groups in total. The Kier molecular flexibility index (Phi) is 5.18. The highest BCUT2D eigenvalue weighted by Gasteiger charge is 2.62. The minimum atomic E-state index is -5.04. The summed E-state index contributed by atoms with van der Waals surface area (Å²) in [5.74, 6) is -1.46. The number of nitrogens with one attached hydrogen (secondary N) is 2. The molecule has 4 rings (SSSR count). The highest BCUT2D eigenvalue weighted by Crippen LogP contribution is 2.48. The summed E-state index contributed by atoms with van der Waals surface area (Å²) in [6, 6.07) is 12.1. The molecular weight excluding hydrogens is 436 g/mol. The Labute approximate surface area is 177 Å². The lowest BCUT2D eigenvalue weighted by Gasteiger charge is -2.39. The summed E-state index contributed by atoms with van der Waals surface area (Å²) in [5.41, 5.74) is -3.03. The van der Waals surface area contributed by atoms with Crippen LogP contribution in [0.25, 0.3) is 10.4 Å². The lowest BCUT2D eigenvalue weighted by Crippen LogP contribution is -2.56. The number of fused-ring (bicyclic) bond motifs is 1. The minimum Gasteiger partial charge on any atom is -0.426 e. The Balaban J connectivity index is 1.74. The van der Waals surface area contributed by atoms with Crippen LogP contribution in [-0.2, 0) is 10.3 Å². The lowest BCUT2D eigenvalue weighted by atomic mass is 9.88. The molecule has 2 aromatic carbocycles. The molecule has 5 nitrogen and oxygen atoms in total. The van der Waals surface area contributed by atoms with Crippen LogP contribution in [0.2, 0.25) is 0 Å². The van der Waals surface area contributed by atoms with Gasteiger partial charge in [0.25, 0.3) is 11.5 Å². The molecule has 31 heavy (non-hydrogen) atoms. The van der Waals surface area contributed by atoms with Crippen molar-refractivity contribution in [2.75, 3.05) is 11.9 Å². The molecule has 0 bridgehead atoms. The number of cyclic esters (lactones) is 1. The number of carbonyl (C=O) groups excluding carboxylic acids is 2. The number of halogens is 4. The summed E-state index contributed by atoms with van der Waals surface area (Å²) in [7, 11) is 0. The van der Waals surface area contributed by atoms with Gasteiger partial charge in [0.05, 0.1) is 12.2 Å². The summed E-state index contributed by atoms with van der Waals surface area (Å²) in [5, 5.41) is 6.22. The van der Waals surface area contributed by atoms with Crippen LogP contribution in [0.4, 0.5) is 28.0 Å². The van der Waals surface area contributed by atoms with Crippen LogP contribution in [0.3, 0.4) is 0 Å². The van der Waals surface area contributed by atoms with E-state index in [-0.39, 0.29) is 16.8 Å². The van der Waals surface area contributed by atoms with Crippen LogP contribution in [0, 0.1) is 5.82 Å². The number of carbonyl (C=O) groups is 2. The number of alkyl halides is 3. The minimum absolute atomic E-state index is 0.0356. The van der Waals surface area contributed by atoms with Crippen molar-refractivity contribution in [2.24, 2.45) is 0 Å². The Morgan fingerprint density at radius 2 is 1.87 bits per heavy atom. The largest absolute Gasteiger partial charge is 0.434 e. The van der Waals surface area contributed by atoms with Crippen LogP contribution in [0.1, 0.15) is 15.9 Å². The third kappa shape index (κ3) is 3.86. The molecule has 2 heterocycles. The highest BCUT2D eigenvalue weighted by atomic mass is 32.1. The van der Waals surface area contributed by atoms with Gasteiger partial charge >= 0.3 is 12.3 Å². The second kappa shape index (κ2) is 7.69. The number of hydrogen-bond donors (Lipinski definition) is 2. The predicted molar refractivity (Wildman–Crippen MR) is 106 cm³/mol. The first-order valence-electron chi connectivity index (χ1n) is 8.98. The number of thiophene rings is 1. The molecule has 1 aromatic heterocycles. The quantitative estimate of drug-likeness (QED) is 0.530. The van der Waals surface area contributed by atoms with Crippen molar-refractivity contribution in [2.45, 2.75) is 11.8 Å². The first-order valence-corrected chi connectivity index (χ1v) is 9.86. The molecule has 0 fully saturated rings. The fourth-order valence-electron chi connectivity index (χ4n) is 3.28. The maximum atomic E-state index is 14.3. The van der Waals surface area contributed by atoms with Crippen molar-refractivity contribution >= 4 is 29.0 Å². The molecule has 3 aromatic rings. The smallest absolute Gasteiger partial charge is 0.426 e. The van der Waals surface area contributed by atoms with E-state index in [4.69, 9.17) is 4.74 Å². The first-order chi connectivity index (χ1) is 14.7. The van der Waals surface area contributed by atoms with Crippen molar-refractivity contribution in [1.29, 1.82) is 0 Å². The van der Waals surface area contributed by atoms with E-state index in [1.54, 1.807) is 23.6 Å². The van der Waals surface area contributed by atoms with Gasteiger partial charge in [0.2, 0.25) is 0 Å². The van der Waals surface area contributed by atoms with Crippen molar-refractivity contribution in [3.8, 4) is 10.4 Å². The maximum absolute atomic E-state index is 14.3.